The fraction of sp³-hybridized carbons (Fsp3) is 0.545. The lowest BCUT2D eigenvalue weighted by molar-refractivity contribution is -0.145. The molecule has 0 spiro atoms. The standard InChI is InChI=1S/C22H29F3N4O/c1-16(2)29-20(22(23,24)25)19(14-27-29)21(30)26-13-17-8-7-9-18(12-17)15-28-10-5-3-4-6-11-28/h7-9,12,14,16H,3-6,10-11,13,15H2,1-2H3,(H,26,30). The van der Waals surface area contributed by atoms with Crippen LogP contribution in [0.15, 0.2) is 30.5 Å². The van der Waals surface area contributed by atoms with Crippen molar-refractivity contribution in [1.29, 1.82) is 0 Å². The Morgan fingerprint density at radius 3 is 2.43 bits per heavy atom. The van der Waals surface area contributed by atoms with Crippen LogP contribution in [0.3, 0.4) is 0 Å². The zero-order chi connectivity index (χ0) is 21.7. The van der Waals surface area contributed by atoms with Crippen LogP contribution in [-0.4, -0.2) is 33.7 Å². The molecule has 1 N–H and O–H groups in total. The quantitative estimate of drug-likeness (QED) is 0.728. The van der Waals surface area contributed by atoms with Crippen LogP contribution in [0.1, 0.15) is 72.8 Å². The van der Waals surface area contributed by atoms with E-state index in [2.05, 4.69) is 15.3 Å². The molecule has 30 heavy (non-hydrogen) atoms. The second-order valence-corrected chi connectivity index (χ2v) is 8.14. The average Bonchev–Trinajstić information content (AvgIpc) is 3.01. The maximum Gasteiger partial charge on any atom is 0.433 e. The van der Waals surface area contributed by atoms with E-state index >= 15 is 0 Å². The molecule has 0 saturated carbocycles. The van der Waals surface area contributed by atoms with E-state index in [0.717, 1.165) is 41.6 Å². The number of hydrogen-bond acceptors (Lipinski definition) is 3. The van der Waals surface area contributed by atoms with Crippen LogP contribution in [0.25, 0.3) is 0 Å². The molecule has 2 heterocycles. The van der Waals surface area contributed by atoms with Gasteiger partial charge in [-0.05, 0) is 50.9 Å². The number of nitrogens with one attached hydrogen (secondary N) is 1. The number of rotatable bonds is 6. The van der Waals surface area contributed by atoms with E-state index in [1.54, 1.807) is 13.8 Å². The fourth-order valence-electron chi connectivity index (χ4n) is 3.87. The van der Waals surface area contributed by atoms with E-state index in [1.165, 1.54) is 25.7 Å². The number of carbonyl (C=O) groups is 1. The minimum atomic E-state index is -4.65. The first-order valence-electron chi connectivity index (χ1n) is 10.5. The summed E-state index contributed by atoms with van der Waals surface area (Å²) >= 11 is 0. The second-order valence-electron chi connectivity index (χ2n) is 8.14. The minimum Gasteiger partial charge on any atom is -0.348 e. The maximum atomic E-state index is 13.5. The highest BCUT2D eigenvalue weighted by Gasteiger charge is 2.40. The molecule has 0 unspecified atom stereocenters. The van der Waals surface area contributed by atoms with E-state index in [0.29, 0.717) is 0 Å². The van der Waals surface area contributed by atoms with Gasteiger partial charge >= 0.3 is 6.18 Å². The molecule has 0 aliphatic carbocycles. The van der Waals surface area contributed by atoms with E-state index in [-0.39, 0.29) is 6.54 Å². The molecule has 8 heteroatoms. The Hall–Kier alpha value is -2.35. The van der Waals surface area contributed by atoms with Crippen molar-refractivity contribution in [3.8, 4) is 0 Å². The normalized spacial score (nSPS) is 15.9. The van der Waals surface area contributed by atoms with Crippen molar-refractivity contribution in [2.45, 2.75) is 64.8 Å². The molecule has 1 aromatic carbocycles. The Morgan fingerprint density at radius 2 is 1.80 bits per heavy atom. The highest BCUT2D eigenvalue weighted by atomic mass is 19.4. The molecule has 3 rings (SSSR count). The van der Waals surface area contributed by atoms with E-state index in [1.807, 2.05) is 24.3 Å². The van der Waals surface area contributed by atoms with Crippen LogP contribution in [0.2, 0.25) is 0 Å². The van der Waals surface area contributed by atoms with Crippen LogP contribution in [-0.2, 0) is 19.3 Å². The molecule has 164 valence electrons. The molecular weight excluding hydrogens is 393 g/mol. The molecule has 1 aromatic heterocycles. The molecule has 1 aliphatic rings. The zero-order valence-corrected chi connectivity index (χ0v) is 17.5. The first-order chi connectivity index (χ1) is 14.3. The maximum absolute atomic E-state index is 13.5. The summed E-state index contributed by atoms with van der Waals surface area (Å²) in [5.41, 5.74) is 0.551. The Labute approximate surface area is 175 Å². The second kappa shape index (κ2) is 9.64. The fourth-order valence-corrected chi connectivity index (χ4v) is 3.87. The van der Waals surface area contributed by atoms with Crippen molar-refractivity contribution in [3.05, 3.63) is 52.8 Å². The molecule has 1 fully saturated rings. The summed E-state index contributed by atoms with van der Waals surface area (Å²) in [4.78, 5) is 14.9. The minimum absolute atomic E-state index is 0.164. The Balaban J connectivity index is 1.67. The van der Waals surface area contributed by atoms with Crippen molar-refractivity contribution >= 4 is 5.91 Å². The van der Waals surface area contributed by atoms with Crippen LogP contribution in [0.4, 0.5) is 13.2 Å². The number of aromatic nitrogens is 2. The number of likely N-dealkylation sites (tertiary alicyclic amines) is 1. The number of carbonyl (C=O) groups excluding carboxylic acids is 1. The molecule has 2 aromatic rings. The van der Waals surface area contributed by atoms with Gasteiger partial charge in [0.15, 0.2) is 5.69 Å². The van der Waals surface area contributed by atoms with Crippen molar-refractivity contribution in [1.82, 2.24) is 20.0 Å². The predicted octanol–water partition coefficient (Wildman–Crippen LogP) is 4.79. The molecule has 1 amide bonds. The summed E-state index contributed by atoms with van der Waals surface area (Å²) in [6.45, 7) is 6.37. The van der Waals surface area contributed by atoms with Crippen LogP contribution in [0, 0.1) is 0 Å². The molecule has 1 saturated heterocycles. The SMILES string of the molecule is CC(C)n1ncc(C(=O)NCc2cccc(CN3CCCCCC3)c2)c1C(F)(F)F. The van der Waals surface area contributed by atoms with Gasteiger partial charge in [-0.15, -0.1) is 0 Å². The predicted molar refractivity (Wildman–Crippen MR) is 109 cm³/mol. The monoisotopic (exact) mass is 422 g/mol. The number of alkyl halides is 3. The van der Waals surface area contributed by atoms with Crippen molar-refractivity contribution in [2.75, 3.05) is 13.1 Å². The smallest absolute Gasteiger partial charge is 0.348 e. The third-order valence-electron chi connectivity index (χ3n) is 5.35. The highest BCUT2D eigenvalue weighted by molar-refractivity contribution is 5.95. The van der Waals surface area contributed by atoms with Gasteiger partial charge in [-0.2, -0.15) is 18.3 Å². The lowest BCUT2D eigenvalue weighted by Gasteiger charge is -2.20. The summed E-state index contributed by atoms with van der Waals surface area (Å²) in [6, 6.07) is 7.35. The molecular formula is C22H29F3N4O. The van der Waals surface area contributed by atoms with E-state index < -0.39 is 29.4 Å². The zero-order valence-electron chi connectivity index (χ0n) is 17.5. The number of hydrogen-bond donors (Lipinski definition) is 1. The third-order valence-corrected chi connectivity index (χ3v) is 5.35. The number of halogens is 3. The number of amides is 1. The van der Waals surface area contributed by atoms with Gasteiger partial charge in [-0.1, -0.05) is 37.1 Å². The molecule has 5 nitrogen and oxygen atoms in total. The van der Waals surface area contributed by atoms with Gasteiger partial charge in [-0.25, -0.2) is 0 Å². The number of benzene rings is 1. The van der Waals surface area contributed by atoms with Gasteiger partial charge in [0.2, 0.25) is 0 Å². The van der Waals surface area contributed by atoms with E-state index in [4.69, 9.17) is 0 Å². The van der Waals surface area contributed by atoms with Crippen molar-refractivity contribution < 1.29 is 18.0 Å². The molecule has 1 aliphatic heterocycles. The first kappa shape index (κ1) is 22.3. The summed E-state index contributed by atoms with van der Waals surface area (Å²) < 4.78 is 41.3. The Kier molecular flexibility index (Phi) is 7.18. The molecule has 0 atom stereocenters. The summed E-state index contributed by atoms with van der Waals surface area (Å²) in [6.07, 6.45) is 1.31. The average molecular weight is 422 g/mol. The van der Waals surface area contributed by atoms with Gasteiger partial charge in [-0.3, -0.25) is 14.4 Å². The summed E-state index contributed by atoms with van der Waals surface area (Å²) in [5, 5.41) is 6.39. The van der Waals surface area contributed by atoms with Crippen LogP contribution >= 0.6 is 0 Å². The lowest BCUT2D eigenvalue weighted by Crippen LogP contribution is -2.27. The Bertz CT molecular complexity index is 852. The van der Waals surface area contributed by atoms with Crippen molar-refractivity contribution in [3.63, 3.8) is 0 Å². The first-order valence-corrected chi connectivity index (χ1v) is 10.5. The van der Waals surface area contributed by atoms with E-state index in [9.17, 15) is 18.0 Å². The van der Waals surface area contributed by atoms with Gasteiger partial charge in [0.1, 0.15) is 0 Å². The van der Waals surface area contributed by atoms with Crippen LogP contribution < -0.4 is 5.32 Å². The largest absolute Gasteiger partial charge is 0.433 e. The topological polar surface area (TPSA) is 50.2 Å². The molecule has 0 radical (unpaired) electrons. The van der Waals surface area contributed by atoms with Gasteiger partial charge in [0.05, 0.1) is 11.8 Å². The lowest BCUT2D eigenvalue weighted by atomic mass is 10.1. The summed E-state index contributed by atoms with van der Waals surface area (Å²) in [7, 11) is 0. The Morgan fingerprint density at radius 1 is 1.13 bits per heavy atom. The van der Waals surface area contributed by atoms with Crippen molar-refractivity contribution in [2.24, 2.45) is 0 Å². The number of nitrogens with zero attached hydrogens (tertiary/aromatic N) is 3. The third kappa shape index (κ3) is 5.62. The molecule has 0 bridgehead atoms. The van der Waals surface area contributed by atoms with Gasteiger partial charge in [0.25, 0.3) is 5.91 Å². The summed E-state index contributed by atoms with van der Waals surface area (Å²) in [5.74, 6) is -0.771. The van der Waals surface area contributed by atoms with Gasteiger partial charge in [0, 0.05) is 19.1 Å². The highest BCUT2D eigenvalue weighted by Crippen LogP contribution is 2.33. The van der Waals surface area contributed by atoms with Gasteiger partial charge < -0.3 is 5.32 Å². The van der Waals surface area contributed by atoms with Crippen LogP contribution in [0.5, 0.6) is 0 Å².